The SMILES string of the molecule is COc1ccc(CN2C(=O)/C(=C/C=C/c3ccccc3)SC2=S)cc1. The molecule has 0 bridgehead atoms. The average Bonchev–Trinajstić information content (AvgIpc) is 2.91. The molecule has 0 atom stereocenters. The first-order chi connectivity index (χ1) is 12.2. The van der Waals surface area contributed by atoms with Crippen molar-refractivity contribution in [2.75, 3.05) is 7.11 Å². The maximum Gasteiger partial charge on any atom is 0.266 e. The van der Waals surface area contributed by atoms with Crippen molar-refractivity contribution in [3.05, 3.63) is 82.8 Å². The highest BCUT2D eigenvalue weighted by atomic mass is 32.2. The molecule has 1 saturated heterocycles. The van der Waals surface area contributed by atoms with Gasteiger partial charge in [0.25, 0.3) is 5.91 Å². The minimum absolute atomic E-state index is 0.0523. The molecule has 1 amide bonds. The molecule has 0 saturated carbocycles. The van der Waals surface area contributed by atoms with Gasteiger partial charge in [-0.25, -0.2) is 0 Å². The van der Waals surface area contributed by atoms with E-state index in [1.54, 1.807) is 12.0 Å². The second-order valence-electron chi connectivity index (χ2n) is 5.41. The van der Waals surface area contributed by atoms with Crippen LogP contribution < -0.4 is 4.74 Å². The zero-order valence-corrected chi connectivity index (χ0v) is 15.3. The van der Waals surface area contributed by atoms with E-state index in [0.717, 1.165) is 16.9 Å². The third kappa shape index (κ3) is 4.38. The molecule has 0 spiro atoms. The number of methoxy groups -OCH3 is 1. The quantitative estimate of drug-likeness (QED) is 0.568. The van der Waals surface area contributed by atoms with Gasteiger partial charge in [0.2, 0.25) is 0 Å². The van der Waals surface area contributed by atoms with Gasteiger partial charge in [0, 0.05) is 0 Å². The lowest BCUT2D eigenvalue weighted by atomic mass is 10.2. The summed E-state index contributed by atoms with van der Waals surface area (Å²) in [6.45, 7) is 0.467. The van der Waals surface area contributed by atoms with Gasteiger partial charge in [-0.2, -0.15) is 0 Å². The molecule has 126 valence electrons. The number of thiocarbonyl (C=S) groups is 1. The minimum atomic E-state index is -0.0523. The smallest absolute Gasteiger partial charge is 0.266 e. The van der Waals surface area contributed by atoms with Gasteiger partial charge in [-0.15, -0.1) is 0 Å². The van der Waals surface area contributed by atoms with Crippen LogP contribution in [-0.4, -0.2) is 22.2 Å². The fourth-order valence-corrected chi connectivity index (χ4v) is 3.58. The molecule has 0 radical (unpaired) electrons. The number of amides is 1. The van der Waals surface area contributed by atoms with E-state index in [9.17, 15) is 4.79 Å². The van der Waals surface area contributed by atoms with Crippen molar-refractivity contribution >= 4 is 40.3 Å². The third-order valence-electron chi connectivity index (χ3n) is 3.71. The van der Waals surface area contributed by atoms with E-state index in [1.165, 1.54) is 11.8 Å². The van der Waals surface area contributed by atoms with Gasteiger partial charge in [0.1, 0.15) is 10.1 Å². The largest absolute Gasteiger partial charge is 0.497 e. The number of ether oxygens (including phenoxy) is 1. The monoisotopic (exact) mass is 367 g/mol. The molecule has 3 nitrogen and oxygen atoms in total. The molecule has 1 aliphatic rings. The molecule has 1 heterocycles. The number of carbonyl (C=O) groups excluding carboxylic acids is 1. The van der Waals surface area contributed by atoms with Gasteiger partial charge in [0.05, 0.1) is 18.6 Å². The zero-order valence-electron chi connectivity index (χ0n) is 13.7. The molecule has 1 aliphatic heterocycles. The Morgan fingerprint density at radius 3 is 2.52 bits per heavy atom. The Labute approximate surface area is 157 Å². The summed E-state index contributed by atoms with van der Waals surface area (Å²) in [5, 5.41) is 0. The number of nitrogens with zero attached hydrogens (tertiary/aromatic N) is 1. The van der Waals surface area contributed by atoms with Crippen LogP contribution >= 0.6 is 24.0 Å². The minimum Gasteiger partial charge on any atom is -0.497 e. The first-order valence-electron chi connectivity index (χ1n) is 7.77. The van der Waals surface area contributed by atoms with Crippen molar-refractivity contribution in [1.29, 1.82) is 0 Å². The number of carbonyl (C=O) groups is 1. The van der Waals surface area contributed by atoms with Crippen molar-refractivity contribution in [3.8, 4) is 5.75 Å². The summed E-state index contributed by atoms with van der Waals surface area (Å²) in [6.07, 6.45) is 5.67. The van der Waals surface area contributed by atoms with Crippen LogP contribution in [0.4, 0.5) is 0 Å². The van der Waals surface area contributed by atoms with Crippen LogP contribution in [0.15, 0.2) is 71.7 Å². The Kier molecular flexibility index (Phi) is 5.68. The van der Waals surface area contributed by atoms with E-state index in [2.05, 4.69) is 0 Å². The van der Waals surface area contributed by atoms with Gasteiger partial charge < -0.3 is 4.74 Å². The van der Waals surface area contributed by atoms with Crippen LogP contribution in [0.2, 0.25) is 0 Å². The van der Waals surface area contributed by atoms with Crippen molar-refractivity contribution in [1.82, 2.24) is 4.90 Å². The van der Waals surface area contributed by atoms with Crippen LogP contribution in [-0.2, 0) is 11.3 Å². The second-order valence-corrected chi connectivity index (χ2v) is 7.08. The van der Waals surface area contributed by atoms with Crippen LogP contribution in [0.3, 0.4) is 0 Å². The highest BCUT2D eigenvalue weighted by Crippen LogP contribution is 2.32. The first kappa shape index (κ1) is 17.5. The van der Waals surface area contributed by atoms with Crippen LogP contribution in [0.1, 0.15) is 11.1 Å². The summed E-state index contributed by atoms with van der Waals surface area (Å²) < 4.78 is 5.74. The number of thioether (sulfide) groups is 1. The van der Waals surface area contributed by atoms with E-state index >= 15 is 0 Å². The Morgan fingerprint density at radius 2 is 1.84 bits per heavy atom. The molecule has 3 rings (SSSR count). The van der Waals surface area contributed by atoms with Crippen LogP contribution in [0.5, 0.6) is 5.75 Å². The molecule has 2 aromatic rings. The Hall–Kier alpha value is -2.37. The summed E-state index contributed by atoms with van der Waals surface area (Å²) in [5.41, 5.74) is 2.10. The highest BCUT2D eigenvalue weighted by molar-refractivity contribution is 8.26. The predicted molar refractivity (Wildman–Crippen MR) is 107 cm³/mol. The van der Waals surface area contributed by atoms with E-state index in [4.69, 9.17) is 17.0 Å². The fourth-order valence-electron chi connectivity index (χ4n) is 2.37. The maximum atomic E-state index is 12.6. The summed E-state index contributed by atoms with van der Waals surface area (Å²) in [5.74, 6) is 0.739. The number of hydrogen-bond donors (Lipinski definition) is 0. The Morgan fingerprint density at radius 1 is 1.12 bits per heavy atom. The van der Waals surface area contributed by atoms with Crippen molar-refractivity contribution in [2.45, 2.75) is 6.54 Å². The first-order valence-corrected chi connectivity index (χ1v) is 9.00. The second kappa shape index (κ2) is 8.14. The summed E-state index contributed by atoms with van der Waals surface area (Å²) >= 11 is 6.70. The molecule has 0 N–H and O–H groups in total. The Bertz CT molecular complexity index is 827. The third-order valence-corrected chi connectivity index (χ3v) is 5.11. The lowest BCUT2D eigenvalue weighted by Gasteiger charge is -2.14. The van der Waals surface area contributed by atoms with Gasteiger partial charge in [0.15, 0.2) is 0 Å². The normalized spacial score (nSPS) is 16.2. The fraction of sp³-hybridized carbons (Fsp3) is 0.100. The lowest BCUT2D eigenvalue weighted by molar-refractivity contribution is -0.122. The molecule has 1 fully saturated rings. The number of hydrogen-bond acceptors (Lipinski definition) is 4. The lowest BCUT2D eigenvalue weighted by Crippen LogP contribution is -2.27. The van der Waals surface area contributed by atoms with E-state index in [-0.39, 0.29) is 5.91 Å². The topological polar surface area (TPSA) is 29.5 Å². The van der Waals surface area contributed by atoms with E-state index in [0.29, 0.717) is 15.8 Å². The summed E-state index contributed by atoms with van der Waals surface area (Å²) in [4.78, 5) is 14.8. The van der Waals surface area contributed by atoms with Crippen molar-refractivity contribution < 1.29 is 9.53 Å². The molecule has 5 heteroatoms. The van der Waals surface area contributed by atoms with Crippen molar-refractivity contribution in [2.24, 2.45) is 0 Å². The molecular weight excluding hydrogens is 350 g/mol. The summed E-state index contributed by atoms with van der Waals surface area (Å²) in [6, 6.07) is 17.6. The van der Waals surface area contributed by atoms with Crippen LogP contribution in [0.25, 0.3) is 6.08 Å². The summed E-state index contributed by atoms with van der Waals surface area (Å²) in [7, 11) is 1.63. The molecule has 2 aromatic carbocycles. The molecule has 0 unspecified atom stereocenters. The van der Waals surface area contributed by atoms with Crippen LogP contribution in [0, 0.1) is 0 Å². The van der Waals surface area contributed by atoms with Gasteiger partial charge >= 0.3 is 0 Å². The zero-order chi connectivity index (χ0) is 17.6. The highest BCUT2D eigenvalue weighted by Gasteiger charge is 2.31. The number of benzene rings is 2. The average molecular weight is 367 g/mol. The molecule has 25 heavy (non-hydrogen) atoms. The molecular formula is C20H17NO2S2. The van der Waals surface area contributed by atoms with Crippen molar-refractivity contribution in [3.63, 3.8) is 0 Å². The van der Waals surface area contributed by atoms with Gasteiger partial charge in [-0.05, 0) is 29.3 Å². The standard InChI is InChI=1S/C20H17NO2S2/c1-23-17-12-10-16(11-13-17)14-21-19(22)18(25-20(21)24)9-5-8-15-6-3-2-4-7-15/h2-13H,14H2,1H3/b8-5+,18-9-. The predicted octanol–water partition coefficient (Wildman–Crippen LogP) is 4.65. The van der Waals surface area contributed by atoms with E-state index < -0.39 is 0 Å². The van der Waals surface area contributed by atoms with Gasteiger partial charge in [-0.3, -0.25) is 9.69 Å². The molecule has 0 aliphatic carbocycles. The maximum absolute atomic E-state index is 12.6. The number of allylic oxidation sites excluding steroid dienone is 2. The number of rotatable bonds is 5. The molecule has 0 aromatic heterocycles. The Balaban J connectivity index is 1.69. The van der Waals surface area contributed by atoms with E-state index in [1.807, 2.05) is 72.8 Å². The van der Waals surface area contributed by atoms with Gasteiger partial charge in [-0.1, -0.05) is 78.6 Å².